The first-order valence-corrected chi connectivity index (χ1v) is 10.4. The number of hydrogen-bond acceptors (Lipinski definition) is 5. The fraction of sp³-hybridized carbons (Fsp3) is 0.619. The number of hydrogen-bond donors (Lipinski definition) is 1. The Morgan fingerprint density at radius 1 is 1.21 bits per heavy atom. The van der Waals surface area contributed by atoms with Gasteiger partial charge >= 0.3 is 0 Å². The number of benzene rings is 1. The molecular formula is C21H28FN3O4. The molecule has 3 aliphatic rings. The van der Waals surface area contributed by atoms with Gasteiger partial charge in [0.25, 0.3) is 0 Å². The van der Waals surface area contributed by atoms with Crippen molar-refractivity contribution in [2.24, 2.45) is 11.8 Å². The molecule has 3 aliphatic heterocycles. The summed E-state index contributed by atoms with van der Waals surface area (Å²) < 4.78 is 25.1. The van der Waals surface area contributed by atoms with Crippen molar-refractivity contribution in [2.75, 3.05) is 57.5 Å². The van der Waals surface area contributed by atoms with Gasteiger partial charge in [-0.3, -0.25) is 14.5 Å². The van der Waals surface area contributed by atoms with Crippen LogP contribution in [0, 0.1) is 17.7 Å². The van der Waals surface area contributed by atoms with E-state index in [-0.39, 0.29) is 36.5 Å². The van der Waals surface area contributed by atoms with Gasteiger partial charge in [-0.1, -0.05) is 12.1 Å². The molecule has 8 heteroatoms. The Kier molecular flexibility index (Phi) is 6.42. The third-order valence-corrected chi connectivity index (χ3v) is 6.15. The van der Waals surface area contributed by atoms with Crippen molar-refractivity contribution in [3.8, 4) is 0 Å². The van der Waals surface area contributed by atoms with Gasteiger partial charge in [0.05, 0.1) is 31.4 Å². The number of morpholine rings is 1. The Bertz CT molecular complexity index is 734. The van der Waals surface area contributed by atoms with E-state index in [0.717, 1.165) is 26.1 Å². The fourth-order valence-corrected chi connectivity index (χ4v) is 4.50. The highest BCUT2D eigenvalue weighted by atomic mass is 19.1. The average Bonchev–Trinajstić information content (AvgIpc) is 3.39. The number of rotatable bonds is 6. The lowest BCUT2D eigenvalue weighted by molar-refractivity contribution is -0.126. The molecule has 0 aliphatic carbocycles. The van der Waals surface area contributed by atoms with Crippen molar-refractivity contribution in [3.05, 3.63) is 30.1 Å². The van der Waals surface area contributed by atoms with Gasteiger partial charge in [-0.25, -0.2) is 4.39 Å². The zero-order valence-electron chi connectivity index (χ0n) is 16.5. The average molecular weight is 405 g/mol. The second-order valence-corrected chi connectivity index (χ2v) is 7.94. The van der Waals surface area contributed by atoms with E-state index in [9.17, 15) is 14.0 Å². The molecule has 0 saturated carbocycles. The van der Waals surface area contributed by atoms with Crippen LogP contribution in [0.1, 0.15) is 12.8 Å². The van der Waals surface area contributed by atoms with Crippen LogP contribution in [0.3, 0.4) is 0 Å². The molecule has 0 bridgehead atoms. The van der Waals surface area contributed by atoms with Gasteiger partial charge < -0.3 is 19.7 Å². The van der Waals surface area contributed by atoms with Gasteiger partial charge in [0.2, 0.25) is 11.8 Å². The molecular weight excluding hydrogens is 377 g/mol. The van der Waals surface area contributed by atoms with Gasteiger partial charge in [0.15, 0.2) is 0 Å². The zero-order chi connectivity index (χ0) is 20.2. The van der Waals surface area contributed by atoms with Crippen LogP contribution < -0.4 is 10.2 Å². The molecule has 1 N–H and O–H groups in total. The van der Waals surface area contributed by atoms with Crippen molar-refractivity contribution < 1.29 is 23.5 Å². The monoisotopic (exact) mass is 405 g/mol. The molecule has 2 amide bonds. The maximum absolute atomic E-state index is 14.1. The van der Waals surface area contributed by atoms with E-state index in [1.54, 1.807) is 18.2 Å². The summed E-state index contributed by atoms with van der Waals surface area (Å²) in [4.78, 5) is 28.9. The first kappa shape index (κ1) is 20.3. The van der Waals surface area contributed by atoms with E-state index < -0.39 is 11.7 Å². The van der Waals surface area contributed by atoms with E-state index in [2.05, 4.69) is 10.2 Å². The quantitative estimate of drug-likeness (QED) is 0.766. The summed E-state index contributed by atoms with van der Waals surface area (Å²) >= 11 is 0. The molecule has 1 aromatic carbocycles. The molecule has 3 heterocycles. The largest absolute Gasteiger partial charge is 0.381 e. The molecule has 3 atom stereocenters. The van der Waals surface area contributed by atoms with Gasteiger partial charge in [0.1, 0.15) is 5.82 Å². The summed E-state index contributed by atoms with van der Waals surface area (Å²) in [7, 11) is 0. The molecule has 158 valence electrons. The Hall–Kier alpha value is -2.03. The number of para-hydroxylation sites is 1. The maximum atomic E-state index is 14.1. The van der Waals surface area contributed by atoms with E-state index in [1.165, 1.54) is 11.0 Å². The third-order valence-electron chi connectivity index (χ3n) is 6.15. The van der Waals surface area contributed by atoms with Crippen LogP contribution in [0.15, 0.2) is 24.3 Å². The van der Waals surface area contributed by atoms with Crippen molar-refractivity contribution in [1.82, 2.24) is 10.2 Å². The van der Waals surface area contributed by atoms with Crippen LogP contribution in [0.2, 0.25) is 0 Å². The highest BCUT2D eigenvalue weighted by Crippen LogP contribution is 2.27. The molecule has 0 spiro atoms. The lowest BCUT2D eigenvalue weighted by atomic mass is 9.96. The summed E-state index contributed by atoms with van der Waals surface area (Å²) in [6.07, 6.45) is 1.09. The van der Waals surface area contributed by atoms with Crippen LogP contribution >= 0.6 is 0 Å². The molecule has 0 radical (unpaired) electrons. The molecule has 3 fully saturated rings. The number of nitrogens with one attached hydrogen (secondary N) is 1. The van der Waals surface area contributed by atoms with Crippen molar-refractivity contribution in [2.45, 2.75) is 18.9 Å². The number of carbonyl (C=O) groups is 2. The van der Waals surface area contributed by atoms with Gasteiger partial charge in [-0.05, 0) is 18.6 Å². The van der Waals surface area contributed by atoms with Crippen molar-refractivity contribution >= 4 is 17.5 Å². The predicted molar refractivity (Wildman–Crippen MR) is 105 cm³/mol. The van der Waals surface area contributed by atoms with Gasteiger partial charge in [-0.15, -0.1) is 0 Å². The van der Waals surface area contributed by atoms with Gasteiger partial charge in [-0.2, -0.15) is 0 Å². The first-order valence-electron chi connectivity index (χ1n) is 10.4. The molecule has 0 aromatic heterocycles. The molecule has 7 nitrogen and oxygen atoms in total. The first-order chi connectivity index (χ1) is 14.1. The minimum absolute atomic E-state index is 0.106. The molecule has 1 aromatic rings. The van der Waals surface area contributed by atoms with Crippen molar-refractivity contribution in [1.29, 1.82) is 0 Å². The van der Waals surface area contributed by atoms with Gasteiger partial charge in [0, 0.05) is 51.2 Å². The minimum Gasteiger partial charge on any atom is -0.381 e. The predicted octanol–water partition coefficient (Wildman–Crippen LogP) is 1.03. The standard InChI is InChI=1S/C21H28FN3O4/c22-17-3-1-2-4-18(17)25-13-16(11-20(25)26)21(27)23-12-19(15-5-8-29-14-15)24-6-9-28-10-7-24/h1-4,15-16,19H,5-14H2,(H,23,27). The number of carbonyl (C=O) groups excluding carboxylic acids is 2. The molecule has 4 rings (SSSR count). The zero-order valence-corrected chi connectivity index (χ0v) is 16.5. The Labute approximate surface area is 170 Å². The molecule has 3 unspecified atom stereocenters. The number of amides is 2. The van der Waals surface area contributed by atoms with Crippen LogP contribution in [0.25, 0.3) is 0 Å². The summed E-state index contributed by atoms with van der Waals surface area (Å²) in [6, 6.07) is 6.37. The highest BCUT2D eigenvalue weighted by Gasteiger charge is 2.37. The van der Waals surface area contributed by atoms with E-state index in [1.807, 2.05) is 0 Å². The lowest BCUT2D eigenvalue weighted by Gasteiger charge is -2.37. The Morgan fingerprint density at radius 3 is 2.72 bits per heavy atom. The second kappa shape index (κ2) is 9.19. The summed E-state index contributed by atoms with van der Waals surface area (Å²) in [5.74, 6) is -0.894. The van der Waals surface area contributed by atoms with Crippen molar-refractivity contribution in [3.63, 3.8) is 0 Å². The highest BCUT2D eigenvalue weighted by molar-refractivity contribution is 6.00. The Morgan fingerprint density at radius 2 is 2.00 bits per heavy atom. The number of ether oxygens (including phenoxy) is 2. The normalized spacial score (nSPS) is 26.7. The molecule has 29 heavy (non-hydrogen) atoms. The molecule has 3 saturated heterocycles. The summed E-state index contributed by atoms with van der Waals surface area (Å²) in [6.45, 7) is 5.30. The van der Waals surface area contributed by atoms with Crippen LogP contribution in [-0.2, 0) is 19.1 Å². The number of halogens is 1. The SMILES string of the molecule is O=C(NCC(C1CCOC1)N1CCOCC1)C1CC(=O)N(c2ccccc2F)C1. The number of nitrogens with zero attached hydrogens (tertiary/aromatic N) is 2. The smallest absolute Gasteiger partial charge is 0.227 e. The minimum atomic E-state index is -0.465. The van der Waals surface area contributed by atoms with Crippen LogP contribution in [0.4, 0.5) is 10.1 Å². The lowest BCUT2D eigenvalue weighted by Crippen LogP contribution is -2.53. The van der Waals surface area contributed by atoms with Crippen LogP contribution in [0.5, 0.6) is 0 Å². The second-order valence-electron chi connectivity index (χ2n) is 7.94. The fourth-order valence-electron chi connectivity index (χ4n) is 4.50. The Balaban J connectivity index is 1.36. The maximum Gasteiger partial charge on any atom is 0.227 e. The topological polar surface area (TPSA) is 71.1 Å². The van der Waals surface area contributed by atoms with E-state index >= 15 is 0 Å². The summed E-state index contributed by atoms with van der Waals surface area (Å²) in [5.41, 5.74) is 0.238. The van der Waals surface area contributed by atoms with Crippen LogP contribution in [-0.4, -0.2) is 75.4 Å². The van der Waals surface area contributed by atoms with E-state index in [4.69, 9.17) is 9.47 Å². The number of anilines is 1. The third kappa shape index (κ3) is 4.60. The summed E-state index contributed by atoms with van der Waals surface area (Å²) in [5, 5.41) is 3.06. The van der Waals surface area contributed by atoms with E-state index in [0.29, 0.717) is 32.3 Å².